The minimum Gasteiger partial charge on any atom is -0.478 e. The summed E-state index contributed by atoms with van der Waals surface area (Å²) in [6, 6.07) is 5.24. The molecule has 0 amide bonds. The smallest absolute Gasteiger partial charge is 0.416 e. The van der Waals surface area contributed by atoms with Crippen LogP contribution in [0.25, 0.3) is 5.69 Å². The van der Waals surface area contributed by atoms with Crippen LogP contribution in [0.2, 0.25) is 0 Å². The zero-order valence-electron chi connectivity index (χ0n) is 11.7. The summed E-state index contributed by atoms with van der Waals surface area (Å²) >= 11 is 0. The van der Waals surface area contributed by atoms with Crippen molar-refractivity contribution in [3.8, 4) is 5.69 Å². The Morgan fingerprint density at radius 1 is 1.14 bits per heavy atom. The number of carboxylic acids is 1. The molecule has 116 valence electrons. The molecule has 0 aliphatic rings. The van der Waals surface area contributed by atoms with Crippen LogP contribution in [0.1, 0.15) is 27.2 Å². The maximum absolute atomic E-state index is 12.6. The van der Waals surface area contributed by atoms with E-state index < -0.39 is 23.3 Å². The van der Waals surface area contributed by atoms with Gasteiger partial charge in [0.05, 0.1) is 11.1 Å². The molecule has 0 radical (unpaired) electrons. The molecular weight excluding hydrogens is 299 g/mol. The van der Waals surface area contributed by atoms with E-state index in [2.05, 4.69) is 0 Å². The molecule has 0 saturated carbocycles. The molecule has 0 spiro atoms. The molecule has 1 N–H and O–H groups in total. The van der Waals surface area contributed by atoms with Gasteiger partial charge in [-0.1, -0.05) is 0 Å². The lowest BCUT2D eigenvalue weighted by Crippen LogP contribution is -2.25. The van der Waals surface area contributed by atoms with Crippen LogP contribution in [0.15, 0.2) is 35.1 Å². The van der Waals surface area contributed by atoms with Gasteiger partial charge in [-0.2, -0.15) is 13.2 Å². The van der Waals surface area contributed by atoms with Crippen LogP contribution in [0.4, 0.5) is 13.2 Å². The number of rotatable bonds is 2. The van der Waals surface area contributed by atoms with Gasteiger partial charge in [-0.25, -0.2) is 4.79 Å². The fourth-order valence-electron chi connectivity index (χ4n) is 2.16. The van der Waals surface area contributed by atoms with Gasteiger partial charge in [0.1, 0.15) is 0 Å². The summed E-state index contributed by atoms with van der Waals surface area (Å²) in [5.41, 5.74) is -0.847. The first-order chi connectivity index (χ1) is 10.1. The van der Waals surface area contributed by atoms with Crippen molar-refractivity contribution in [2.24, 2.45) is 0 Å². The number of halogens is 3. The molecule has 2 aromatic rings. The molecule has 1 aromatic carbocycles. The van der Waals surface area contributed by atoms with Gasteiger partial charge in [0.2, 0.25) is 0 Å². The number of hydrogen-bond donors (Lipinski definition) is 1. The van der Waals surface area contributed by atoms with Crippen LogP contribution >= 0.6 is 0 Å². The molecule has 0 unspecified atom stereocenters. The summed E-state index contributed by atoms with van der Waals surface area (Å²) in [5, 5.41) is 9.14. The zero-order valence-corrected chi connectivity index (χ0v) is 11.7. The molecule has 0 aliphatic heterocycles. The van der Waals surface area contributed by atoms with Crippen LogP contribution in [0, 0.1) is 13.8 Å². The Morgan fingerprint density at radius 2 is 1.68 bits per heavy atom. The summed E-state index contributed by atoms with van der Waals surface area (Å²) in [4.78, 5) is 23.4. The maximum atomic E-state index is 12.6. The molecule has 0 fully saturated rings. The normalized spacial score (nSPS) is 11.5. The topological polar surface area (TPSA) is 59.3 Å². The molecular formula is C15H12F3NO3. The van der Waals surface area contributed by atoms with Crippen LogP contribution in [0.5, 0.6) is 0 Å². The SMILES string of the molecule is Cc1cc(C(=O)O)c(C)n(-c2ccc(C(F)(F)F)cc2)c1=O. The van der Waals surface area contributed by atoms with Crippen molar-refractivity contribution < 1.29 is 23.1 Å². The van der Waals surface area contributed by atoms with Gasteiger partial charge in [0.25, 0.3) is 5.56 Å². The third-order valence-corrected chi connectivity index (χ3v) is 3.31. The molecule has 0 saturated heterocycles. The van der Waals surface area contributed by atoms with Crippen LogP contribution in [-0.4, -0.2) is 15.6 Å². The standard InChI is InChI=1S/C15H12F3NO3/c1-8-7-12(14(21)22)9(2)19(13(8)20)11-5-3-10(4-6-11)15(16,17)18/h3-7H,1-2H3,(H,21,22). The van der Waals surface area contributed by atoms with Crippen molar-refractivity contribution in [1.29, 1.82) is 0 Å². The van der Waals surface area contributed by atoms with E-state index in [4.69, 9.17) is 5.11 Å². The van der Waals surface area contributed by atoms with Crippen molar-refractivity contribution in [1.82, 2.24) is 4.57 Å². The Labute approximate surface area is 123 Å². The average molecular weight is 311 g/mol. The van der Waals surface area contributed by atoms with Gasteiger partial charge in [0, 0.05) is 16.9 Å². The Hall–Kier alpha value is -2.57. The number of benzene rings is 1. The molecule has 22 heavy (non-hydrogen) atoms. The van der Waals surface area contributed by atoms with E-state index in [9.17, 15) is 22.8 Å². The van der Waals surface area contributed by atoms with Gasteiger partial charge in [-0.3, -0.25) is 9.36 Å². The van der Waals surface area contributed by atoms with Crippen molar-refractivity contribution >= 4 is 5.97 Å². The highest BCUT2D eigenvalue weighted by atomic mass is 19.4. The van der Waals surface area contributed by atoms with E-state index >= 15 is 0 Å². The number of alkyl halides is 3. The summed E-state index contributed by atoms with van der Waals surface area (Å²) in [6.45, 7) is 2.89. The van der Waals surface area contributed by atoms with Gasteiger partial charge in [-0.15, -0.1) is 0 Å². The Morgan fingerprint density at radius 3 is 2.14 bits per heavy atom. The molecule has 1 aromatic heterocycles. The maximum Gasteiger partial charge on any atom is 0.416 e. The predicted octanol–water partition coefficient (Wildman–Crippen LogP) is 3.17. The summed E-state index contributed by atoms with van der Waals surface area (Å²) < 4.78 is 38.8. The summed E-state index contributed by atoms with van der Waals surface area (Å²) in [5.74, 6) is -1.21. The van der Waals surface area contributed by atoms with Crippen molar-refractivity contribution in [2.45, 2.75) is 20.0 Å². The highest BCUT2D eigenvalue weighted by molar-refractivity contribution is 5.89. The first-order valence-corrected chi connectivity index (χ1v) is 6.27. The molecule has 0 aliphatic carbocycles. The van der Waals surface area contributed by atoms with Gasteiger partial charge in [-0.05, 0) is 44.2 Å². The predicted molar refractivity (Wildman–Crippen MR) is 73.5 cm³/mol. The van der Waals surface area contributed by atoms with E-state index in [1.165, 1.54) is 19.9 Å². The molecule has 7 heteroatoms. The zero-order chi connectivity index (χ0) is 16.7. The lowest BCUT2D eigenvalue weighted by atomic mass is 10.1. The fourth-order valence-corrected chi connectivity index (χ4v) is 2.16. The van der Waals surface area contributed by atoms with Crippen LogP contribution in [-0.2, 0) is 6.18 Å². The lowest BCUT2D eigenvalue weighted by Gasteiger charge is -2.14. The first kappa shape index (κ1) is 15.8. The average Bonchev–Trinajstić information content (AvgIpc) is 2.42. The Bertz CT molecular complexity index is 789. The van der Waals surface area contributed by atoms with Gasteiger partial charge < -0.3 is 5.11 Å². The number of carbonyl (C=O) groups is 1. The van der Waals surface area contributed by atoms with E-state index in [0.717, 1.165) is 28.8 Å². The fraction of sp³-hybridized carbons (Fsp3) is 0.200. The van der Waals surface area contributed by atoms with Crippen molar-refractivity contribution in [2.75, 3.05) is 0 Å². The number of aromatic carboxylic acids is 1. The quantitative estimate of drug-likeness (QED) is 0.926. The van der Waals surface area contributed by atoms with Crippen LogP contribution < -0.4 is 5.56 Å². The second-order valence-corrected chi connectivity index (χ2v) is 4.82. The van der Waals surface area contributed by atoms with Crippen molar-refractivity contribution in [3.63, 3.8) is 0 Å². The van der Waals surface area contributed by atoms with Gasteiger partial charge >= 0.3 is 12.1 Å². The van der Waals surface area contributed by atoms with Crippen molar-refractivity contribution in [3.05, 3.63) is 63.1 Å². The lowest BCUT2D eigenvalue weighted by molar-refractivity contribution is -0.137. The van der Waals surface area contributed by atoms with E-state index in [1.807, 2.05) is 0 Å². The first-order valence-electron chi connectivity index (χ1n) is 6.27. The number of hydrogen-bond acceptors (Lipinski definition) is 2. The highest BCUT2D eigenvalue weighted by Crippen LogP contribution is 2.29. The van der Waals surface area contributed by atoms with E-state index in [-0.39, 0.29) is 22.5 Å². The number of aromatic nitrogens is 1. The minimum atomic E-state index is -4.47. The third kappa shape index (κ3) is 2.74. The Balaban J connectivity index is 2.67. The van der Waals surface area contributed by atoms with Gasteiger partial charge in [0.15, 0.2) is 0 Å². The molecule has 4 nitrogen and oxygen atoms in total. The number of nitrogens with zero attached hydrogens (tertiary/aromatic N) is 1. The summed E-state index contributed by atoms with van der Waals surface area (Å²) in [7, 11) is 0. The molecule has 1 heterocycles. The summed E-state index contributed by atoms with van der Waals surface area (Å²) in [6.07, 6.45) is -4.47. The number of carboxylic acid groups (broad SMARTS) is 1. The molecule has 0 bridgehead atoms. The number of pyridine rings is 1. The minimum absolute atomic E-state index is 0.0722. The molecule has 2 rings (SSSR count). The number of aryl methyl sites for hydroxylation is 1. The second-order valence-electron chi connectivity index (χ2n) is 4.82. The monoisotopic (exact) mass is 311 g/mol. The third-order valence-electron chi connectivity index (χ3n) is 3.31. The highest BCUT2D eigenvalue weighted by Gasteiger charge is 2.30. The van der Waals surface area contributed by atoms with E-state index in [1.54, 1.807) is 0 Å². The van der Waals surface area contributed by atoms with Crippen LogP contribution in [0.3, 0.4) is 0 Å². The largest absolute Gasteiger partial charge is 0.478 e. The van der Waals surface area contributed by atoms with E-state index in [0.29, 0.717) is 0 Å². The molecule has 0 atom stereocenters. The Kier molecular flexibility index (Phi) is 3.83. The second kappa shape index (κ2) is 5.32.